The number of carbonyl (C=O) groups excluding carboxylic acids is 4. The van der Waals surface area contributed by atoms with Crippen molar-refractivity contribution in [1.29, 1.82) is 0 Å². The molecule has 8 heteroatoms. The SMILES string of the molecule is CCOC(=O)c1cc(C(=O)c2cc(C)ccc2O)cc(C(=O)OCC)c1C(=O)OCC. The first-order chi connectivity index (χ1) is 14.7. The summed E-state index contributed by atoms with van der Waals surface area (Å²) in [6, 6.07) is 6.78. The van der Waals surface area contributed by atoms with Gasteiger partial charge in [-0.15, -0.1) is 0 Å². The third kappa shape index (κ3) is 5.28. The molecular weight excluding hydrogens is 404 g/mol. The molecule has 2 aromatic carbocycles. The van der Waals surface area contributed by atoms with Crippen molar-refractivity contribution in [3.8, 4) is 5.75 Å². The van der Waals surface area contributed by atoms with Crippen LogP contribution in [0.1, 0.15) is 73.3 Å². The van der Waals surface area contributed by atoms with Crippen LogP contribution in [-0.4, -0.2) is 48.6 Å². The summed E-state index contributed by atoms with van der Waals surface area (Å²) in [5.41, 5.74) is -0.347. The third-order valence-corrected chi connectivity index (χ3v) is 4.27. The lowest BCUT2D eigenvalue weighted by atomic mass is 9.92. The fourth-order valence-electron chi connectivity index (χ4n) is 2.92. The van der Waals surface area contributed by atoms with Gasteiger partial charge in [0.25, 0.3) is 0 Å². The van der Waals surface area contributed by atoms with Crippen LogP contribution in [0.4, 0.5) is 0 Å². The fourth-order valence-corrected chi connectivity index (χ4v) is 2.92. The van der Waals surface area contributed by atoms with Gasteiger partial charge in [0.2, 0.25) is 0 Å². The number of ketones is 1. The average Bonchev–Trinajstić information content (AvgIpc) is 2.74. The van der Waals surface area contributed by atoms with Crippen molar-refractivity contribution in [2.75, 3.05) is 19.8 Å². The molecule has 0 aliphatic heterocycles. The molecule has 0 amide bonds. The van der Waals surface area contributed by atoms with E-state index in [9.17, 15) is 24.3 Å². The van der Waals surface area contributed by atoms with Crippen molar-refractivity contribution < 1.29 is 38.5 Å². The van der Waals surface area contributed by atoms with Crippen molar-refractivity contribution in [1.82, 2.24) is 0 Å². The number of phenolic OH excluding ortho intramolecular Hbond substituents is 1. The third-order valence-electron chi connectivity index (χ3n) is 4.27. The maximum atomic E-state index is 13.1. The second kappa shape index (κ2) is 10.4. The number of aryl methyl sites for hydroxylation is 1. The summed E-state index contributed by atoms with van der Waals surface area (Å²) in [7, 11) is 0. The van der Waals surface area contributed by atoms with Crippen LogP contribution in [0.5, 0.6) is 5.75 Å². The number of hydrogen-bond donors (Lipinski definition) is 1. The minimum atomic E-state index is -0.925. The monoisotopic (exact) mass is 428 g/mol. The molecule has 8 nitrogen and oxygen atoms in total. The summed E-state index contributed by atoms with van der Waals surface area (Å²) >= 11 is 0. The molecule has 0 atom stereocenters. The van der Waals surface area contributed by atoms with E-state index in [-0.39, 0.29) is 53.4 Å². The molecule has 0 aliphatic carbocycles. The summed E-state index contributed by atoms with van der Waals surface area (Å²) in [6.07, 6.45) is 0. The molecule has 2 rings (SSSR count). The first-order valence-electron chi connectivity index (χ1n) is 9.78. The van der Waals surface area contributed by atoms with Crippen LogP contribution in [0.3, 0.4) is 0 Å². The predicted molar refractivity (Wildman–Crippen MR) is 111 cm³/mol. The highest BCUT2D eigenvalue weighted by Gasteiger charge is 2.30. The Kier molecular flexibility index (Phi) is 7.90. The summed E-state index contributed by atoms with van der Waals surface area (Å²) in [5, 5.41) is 10.1. The van der Waals surface area contributed by atoms with Crippen LogP contribution >= 0.6 is 0 Å². The van der Waals surface area contributed by atoms with Crippen LogP contribution in [0.15, 0.2) is 30.3 Å². The van der Waals surface area contributed by atoms with E-state index < -0.39 is 23.7 Å². The second-order valence-electron chi connectivity index (χ2n) is 6.46. The van der Waals surface area contributed by atoms with Gasteiger partial charge in [0.05, 0.1) is 42.1 Å². The van der Waals surface area contributed by atoms with Gasteiger partial charge >= 0.3 is 17.9 Å². The maximum Gasteiger partial charge on any atom is 0.339 e. The van der Waals surface area contributed by atoms with Gasteiger partial charge in [0, 0.05) is 5.56 Å². The number of ether oxygens (including phenoxy) is 3. The smallest absolute Gasteiger partial charge is 0.339 e. The number of rotatable bonds is 8. The second-order valence-corrected chi connectivity index (χ2v) is 6.46. The molecule has 0 radical (unpaired) electrons. The van der Waals surface area contributed by atoms with Crippen LogP contribution in [0.25, 0.3) is 0 Å². The molecule has 0 saturated heterocycles. The maximum absolute atomic E-state index is 13.1. The summed E-state index contributed by atoms with van der Waals surface area (Å²) in [4.78, 5) is 50.9. The molecule has 1 N–H and O–H groups in total. The Morgan fingerprint density at radius 3 is 1.71 bits per heavy atom. The minimum Gasteiger partial charge on any atom is -0.507 e. The van der Waals surface area contributed by atoms with Crippen molar-refractivity contribution in [3.63, 3.8) is 0 Å². The molecular formula is C23H24O8. The lowest BCUT2D eigenvalue weighted by molar-refractivity contribution is 0.0458. The first-order valence-corrected chi connectivity index (χ1v) is 9.78. The first kappa shape index (κ1) is 23.6. The Morgan fingerprint density at radius 1 is 0.742 bits per heavy atom. The van der Waals surface area contributed by atoms with Gasteiger partial charge in [0.1, 0.15) is 5.75 Å². The minimum absolute atomic E-state index is 0.00120. The van der Waals surface area contributed by atoms with Crippen LogP contribution in [0, 0.1) is 6.92 Å². The number of aromatic hydroxyl groups is 1. The molecule has 0 aliphatic rings. The number of carbonyl (C=O) groups is 4. The Labute approximate surface area is 179 Å². The number of hydrogen-bond acceptors (Lipinski definition) is 8. The van der Waals surface area contributed by atoms with E-state index in [1.807, 2.05) is 0 Å². The van der Waals surface area contributed by atoms with Crippen molar-refractivity contribution >= 4 is 23.7 Å². The van der Waals surface area contributed by atoms with Gasteiger partial charge in [-0.1, -0.05) is 11.6 Å². The standard InChI is InChI=1S/C23H24O8/c1-5-29-21(26)16-11-14(20(25)15-10-13(4)8-9-18(15)24)12-17(22(27)30-6-2)19(16)23(28)31-7-3/h8-12,24H,5-7H2,1-4H3. The Hall–Kier alpha value is -3.68. The Morgan fingerprint density at radius 2 is 1.23 bits per heavy atom. The zero-order valence-corrected chi connectivity index (χ0v) is 17.8. The molecule has 2 aromatic rings. The lowest BCUT2D eigenvalue weighted by Gasteiger charge is -2.15. The number of benzene rings is 2. The predicted octanol–water partition coefficient (Wildman–Crippen LogP) is 3.46. The largest absolute Gasteiger partial charge is 0.507 e. The highest BCUT2D eigenvalue weighted by atomic mass is 16.5. The lowest BCUT2D eigenvalue weighted by Crippen LogP contribution is -2.21. The molecule has 0 bridgehead atoms. The van der Waals surface area contributed by atoms with Crippen LogP contribution < -0.4 is 0 Å². The van der Waals surface area contributed by atoms with Gasteiger partial charge in [0.15, 0.2) is 5.78 Å². The molecule has 0 unspecified atom stereocenters. The van der Waals surface area contributed by atoms with Gasteiger partial charge in [-0.2, -0.15) is 0 Å². The van der Waals surface area contributed by atoms with Gasteiger partial charge in [-0.3, -0.25) is 4.79 Å². The van der Waals surface area contributed by atoms with E-state index >= 15 is 0 Å². The van der Waals surface area contributed by atoms with E-state index in [0.29, 0.717) is 0 Å². The summed E-state index contributed by atoms with van der Waals surface area (Å²) < 4.78 is 15.0. The van der Waals surface area contributed by atoms with Crippen LogP contribution in [-0.2, 0) is 14.2 Å². The molecule has 0 saturated carbocycles. The molecule has 31 heavy (non-hydrogen) atoms. The fraction of sp³-hybridized carbons (Fsp3) is 0.304. The summed E-state index contributed by atoms with van der Waals surface area (Å²) in [6.45, 7) is 6.49. The quantitative estimate of drug-likeness (QED) is 0.386. The number of phenols is 1. The van der Waals surface area contributed by atoms with E-state index in [1.165, 1.54) is 12.1 Å². The van der Waals surface area contributed by atoms with E-state index in [1.54, 1.807) is 33.8 Å². The summed E-state index contributed by atoms with van der Waals surface area (Å²) in [5.74, 6) is -3.64. The Bertz CT molecular complexity index is 983. The van der Waals surface area contributed by atoms with Crippen LogP contribution in [0.2, 0.25) is 0 Å². The van der Waals surface area contributed by atoms with Crippen molar-refractivity contribution in [3.05, 3.63) is 63.7 Å². The zero-order chi connectivity index (χ0) is 23.1. The van der Waals surface area contributed by atoms with Gasteiger partial charge in [-0.05, 0) is 52.0 Å². The topological polar surface area (TPSA) is 116 Å². The molecule has 0 spiro atoms. The van der Waals surface area contributed by atoms with Gasteiger partial charge in [-0.25, -0.2) is 14.4 Å². The van der Waals surface area contributed by atoms with E-state index in [0.717, 1.165) is 17.7 Å². The van der Waals surface area contributed by atoms with Crippen molar-refractivity contribution in [2.24, 2.45) is 0 Å². The number of esters is 3. The molecule has 0 aromatic heterocycles. The normalized spacial score (nSPS) is 10.3. The average molecular weight is 428 g/mol. The van der Waals surface area contributed by atoms with E-state index in [4.69, 9.17) is 14.2 Å². The highest BCUT2D eigenvalue weighted by molar-refractivity contribution is 6.16. The zero-order valence-electron chi connectivity index (χ0n) is 17.8. The highest BCUT2D eigenvalue weighted by Crippen LogP contribution is 2.27. The Balaban J connectivity index is 2.79. The van der Waals surface area contributed by atoms with Crippen molar-refractivity contribution in [2.45, 2.75) is 27.7 Å². The van der Waals surface area contributed by atoms with E-state index in [2.05, 4.69) is 0 Å². The van der Waals surface area contributed by atoms with Gasteiger partial charge < -0.3 is 19.3 Å². The molecule has 0 fully saturated rings. The molecule has 164 valence electrons. The molecule has 0 heterocycles.